The molecule has 6 heteroatoms. The van der Waals surface area contributed by atoms with Crippen molar-refractivity contribution < 1.29 is 4.79 Å². The van der Waals surface area contributed by atoms with Gasteiger partial charge in [-0.1, -0.05) is 12.2 Å². The van der Waals surface area contributed by atoms with E-state index in [4.69, 9.17) is 18.0 Å². The molecule has 0 atom stereocenters. The van der Waals surface area contributed by atoms with Crippen LogP contribution in [0.15, 0.2) is 36.4 Å². The van der Waals surface area contributed by atoms with Crippen molar-refractivity contribution in [1.29, 1.82) is 0 Å². The van der Waals surface area contributed by atoms with Gasteiger partial charge in [0.2, 0.25) is 5.91 Å². The highest BCUT2D eigenvalue weighted by molar-refractivity contribution is 7.80. The van der Waals surface area contributed by atoms with Crippen molar-refractivity contribution in [3.63, 3.8) is 0 Å². The number of carbonyl (C=O) groups excluding carboxylic acids is 1. The zero-order valence-corrected chi connectivity index (χ0v) is 12.6. The summed E-state index contributed by atoms with van der Waals surface area (Å²) in [5, 5.41) is 5.90. The number of benzene rings is 1. The fourth-order valence-corrected chi connectivity index (χ4v) is 1.99. The van der Waals surface area contributed by atoms with E-state index in [1.54, 1.807) is 12.1 Å². The first-order chi connectivity index (χ1) is 9.95. The average Bonchev–Trinajstić information content (AvgIpc) is 2.40. The zero-order chi connectivity index (χ0) is 15.4. The van der Waals surface area contributed by atoms with Gasteiger partial charge >= 0.3 is 0 Å². The molecular formula is C15H16N4OS. The molecule has 2 rings (SSSR count). The molecule has 0 radical (unpaired) electrons. The number of pyridine rings is 1. The first-order valence-electron chi connectivity index (χ1n) is 6.38. The van der Waals surface area contributed by atoms with E-state index in [-0.39, 0.29) is 5.91 Å². The SMILES string of the molecule is CC(=O)Nc1ccc(Nc2nc(C)ccc2C(N)=S)cc1. The molecule has 0 spiro atoms. The second kappa shape index (κ2) is 6.32. The molecule has 0 aliphatic rings. The van der Waals surface area contributed by atoms with Crippen LogP contribution in [0.5, 0.6) is 0 Å². The lowest BCUT2D eigenvalue weighted by molar-refractivity contribution is -0.114. The van der Waals surface area contributed by atoms with Crippen molar-refractivity contribution in [3.8, 4) is 0 Å². The summed E-state index contributed by atoms with van der Waals surface area (Å²) in [6, 6.07) is 11.0. The second-order valence-electron chi connectivity index (χ2n) is 4.60. The molecular weight excluding hydrogens is 284 g/mol. The topological polar surface area (TPSA) is 80.0 Å². The molecule has 2 aromatic rings. The Hall–Kier alpha value is -2.47. The maximum Gasteiger partial charge on any atom is 0.221 e. The van der Waals surface area contributed by atoms with Crippen LogP contribution >= 0.6 is 12.2 Å². The van der Waals surface area contributed by atoms with Crippen molar-refractivity contribution in [3.05, 3.63) is 47.7 Å². The number of hydrogen-bond acceptors (Lipinski definition) is 4. The molecule has 0 fully saturated rings. The number of amides is 1. The molecule has 0 aliphatic carbocycles. The van der Waals surface area contributed by atoms with Gasteiger partial charge in [0.1, 0.15) is 10.8 Å². The summed E-state index contributed by atoms with van der Waals surface area (Å²) in [7, 11) is 0. The third-order valence-corrected chi connectivity index (χ3v) is 2.99. The standard InChI is InChI=1S/C15H16N4OS/c1-9-3-8-13(14(16)21)15(17-9)19-12-6-4-11(5-7-12)18-10(2)20/h3-8H,1-2H3,(H2,16,21)(H,17,19)(H,18,20). The Kier molecular flexibility index (Phi) is 4.49. The summed E-state index contributed by atoms with van der Waals surface area (Å²) in [5.41, 5.74) is 8.83. The Balaban J connectivity index is 2.23. The molecule has 1 aromatic heterocycles. The van der Waals surface area contributed by atoms with Gasteiger partial charge in [0.25, 0.3) is 0 Å². The van der Waals surface area contributed by atoms with E-state index in [0.717, 1.165) is 17.1 Å². The van der Waals surface area contributed by atoms with Gasteiger partial charge in [0, 0.05) is 24.0 Å². The highest BCUT2D eigenvalue weighted by atomic mass is 32.1. The summed E-state index contributed by atoms with van der Waals surface area (Å²) < 4.78 is 0. The Morgan fingerprint density at radius 2 is 1.76 bits per heavy atom. The third kappa shape index (κ3) is 4.00. The third-order valence-electron chi connectivity index (χ3n) is 2.77. The van der Waals surface area contributed by atoms with Crippen LogP contribution in [0.4, 0.5) is 17.2 Å². The molecule has 0 aliphatic heterocycles. The molecule has 108 valence electrons. The lowest BCUT2D eigenvalue weighted by Gasteiger charge is -2.11. The number of carbonyl (C=O) groups is 1. The normalized spacial score (nSPS) is 10.0. The van der Waals surface area contributed by atoms with E-state index < -0.39 is 0 Å². The van der Waals surface area contributed by atoms with Crippen LogP contribution in [0.3, 0.4) is 0 Å². The Morgan fingerprint density at radius 3 is 2.33 bits per heavy atom. The molecule has 1 aromatic carbocycles. The monoisotopic (exact) mass is 300 g/mol. The van der Waals surface area contributed by atoms with Crippen LogP contribution in [0.2, 0.25) is 0 Å². The van der Waals surface area contributed by atoms with Gasteiger partial charge in [0.15, 0.2) is 0 Å². The van der Waals surface area contributed by atoms with Crippen molar-refractivity contribution in [2.75, 3.05) is 10.6 Å². The quantitative estimate of drug-likeness (QED) is 0.757. The smallest absolute Gasteiger partial charge is 0.221 e. The lowest BCUT2D eigenvalue weighted by Crippen LogP contribution is -2.13. The summed E-state index contributed by atoms with van der Waals surface area (Å²) in [6.45, 7) is 3.37. The van der Waals surface area contributed by atoms with Crippen LogP contribution < -0.4 is 16.4 Å². The molecule has 0 saturated carbocycles. The largest absolute Gasteiger partial charge is 0.389 e. The number of nitrogens with one attached hydrogen (secondary N) is 2. The van der Waals surface area contributed by atoms with Gasteiger partial charge in [-0.3, -0.25) is 4.79 Å². The van der Waals surface area contributed by atoms with E-state index in [1.165, 1.54) is 6.92 Å². The van der Waals surface area contributed by atoms with Crippen molar-refractivity contribution in [2.24, 2.45) is 5.73 Å². The maximum absolute atomic E-state index is 11.0. The van der Waals surface area contributed by atoms with Crippen molar-refractivity contribution >= 4 is 40.3 Å². The van der Waals surface area contributed by atoms with Crippen LogP contribution in [0.1, 0.15) is 18.2 Å². The average molecular weight is 300 g/mol. The van der Waals surface area contributed by atoms with Gasteiger partial charge in [-0.15, -0.1) is 0 Å². The first kappa shape index (κ1) is 14.9. The zero-order valence-electron chi connectivity index (χ0n) is 11.8. The number of thiocarbonyl (C=S) groups is 1. The Labute approximate surface area is 128 Å². The van der Waals surface area contributed by atoms with Gasteiger partial charge in [-0.05, 0) is 43.3 Å². The molecule has 4 N–H and O–H groups in total. The number of hydrogen-bond donors (Lipinski definition) is 3. The molecule has 21 heavy (non-hydrogen) atoms. The van der Waals surface area contributed by atoms with E-state index in [2.05, 4.69) is 15.6 Å². The predicted molar refractivity (Wildman–Crippen MR) is 88.9 cm³/mol. The predicted octanol–water partition coefficient (Wildman–Crippen LogP) is 2.73. The van der Waals surface area contributed by atoms with Crippen LogP contribution in [0.25, 0.3) is 0 Å². The van der Waals surface area contributed by atoms with E-state index in [0.29, 0.717) is 16.4 Å². The molecule has 5 nitrogen and oxygen atoms in total. The van der Waals surface area contributed by atoms with E-state index in [9.17, 15) is 4.79 Å². The first-order valence-corrected chi connectivity index (χ1v) is 6.78. The second-order valence-corrected chi connectivity index (χ2v) is 5.04. The highest BCUT2D eigenvalue weighted by Crippen LogP contribution is 2.21. The van der Waals surface area contributed by atoms with Crippen molar-refractivity contribution in [1.82, 2.24) is 4.98 Å². The number of rotatable bonds is 4. The fourth-order valence-electron chi connectivity index (χ4n) is 1.83. The minimum atomic E-state index is -0.105. The van der Waals surface area contributed by atoms with E-state index in [1.807, 2.05) is 31.2 Å². The molecule has 0 unspecified atom stereocenters. The molecule has 0 saturated heterocycles. The Morgan fingerprint density at radius 1 is 1.14 bits per heavy atom. The summed E-state index contributed by atoms with van der Waals surface area (Å²) in [5.74, 6) is 0.515. The molecule has 1 amide bonds. The van der Waals surface area contributed by atoms with Gasteiger partial charge in [-0.25, -0.2) is 4.98 Å². The van der Waals surface area contributed by atoms with Crippen LogP contribution in [-0.2, 0) is 4.79 Å². The lowest BCUT2D eigenvalue weighted by atomic mass is 10.2. The summed E-state index contributed by atoms with van der Waals surface area (Å²) in [4.78, 5) is 15.7. The number of nitrogens with two attached hydrogens (primary N) is 1. The minimum Gasteiger partial charge on any atom is -0.389 e. The molecule has 1 heterocycles. The van der Waals surface area contributed by atoms with Crippen LogP contribution in [-0.4, -0.2) is 15.9 Å². The fraction of sp³-hybridized carbons (Fsp3) is 0.133. The van der Waals surface area contributed by atoms with Crippen LogP contribution in [0, 0.1) is 6.92 Å². The van der Waals surface area contributed by atoms with Gasteiger partial charge < -0.3 is 16.4 Å². The summed E-state index contributed by atoms with van der Waals surface area (Å²) in [6.07, 6.45) is 0. The highest BCUT2D eigenvalue weighted by Gasteiger charge is 2.07. The van der Waals surface area contributed by atoms with Crippen molar-refractivity contribution in [2.45, 2.75) is 13.8 Å². The number of aryl methyl sites for hydroxylation is 1. The minimum absolute atomic E-state index is 0.105. The maximum atomic E-state index is 11.0. The van der Waals surface area contributed by atoms with Gasteiger partial charge in [0.05, 0.1) is 5.56 Å². The number of anilines is 3. The number of nitrogens with zero attached hydrogens (tertiary/aromatic N) is 1. The van der Waals surface area contributed by atoms with E-state index >= 15 is 0 Å². The summed E-state index contributed by atoms with van der Waals surface area (Å²) >= 11 is 5.03. The number of aromatic nitrogens is 1. The Bertz CT molecular complexity index is 683. The molecule has 0 bridgehead atoms. The van der Waals surface area contributed by atoms with Gasteiger partial charge in [-0.2, -0.15) is 0 Å².